The van der Waals surface area contributed by atoms with Crippen molar-refractivity contribution in [3.8, 4) is 0 Å². The number of benzene rings is 1. The number of furan rings is 1. The number of thioether (sulfide) groups is 1. The second-order valence-corrected chi connectivity index (χ2v) is 6.97. The number of amides is 1. The maximum absolute atomic E-state index is 12.8. The van der Waals surface area contributed by atoms with Crippen LogP contribution in [0.2, 0.25) is 0 Å². The lowest BCUT2D eigenvalue weighted by Gasteiger charge is -2.21. The molecule has 7 heteroatoms. The molecule has 1 aromatic carbocycles. The van der Waals surface area contributed by atoms with E-state index in [0.717, 1.165) is 28.1 Å². The maximum atomic E-state index is 12.8. The normalized spacial score (nSPS) is 11.1. The van der Waals surface area contributed by atoms with Crippen molar-refractivity contribution in [2.24, 2.45) is 0 Å². The molecule has 3 aromatic heterocycles. The predicted molar refractivity (Wildman–Crippen MR) is 107 cm³/mol. The zero-order chi connectivity index (χ0) is 18.8. The Hall–Kier alpha value is -3.06. The van der Waals surface area contributed by atoms with Crippen LogP contribution in [0.4, 0.5) is 5.69 Å². The van der Waals surface area contributed by atoms with Gasteiger partial charge in [-0.2, -0.15) is 0 Å². The molecule has 0 N–H and O–H groups in total. The summed E-state index contributed by atoms with van der Waals surface area (Å²) < 4.78 is 7.49. The van der Waals surface area contributed by atoms with E-state index in [4.69, 9.17) is 4.42 Å². The molecule has 0 atom stereocenters. The Morgan fingerprint density at radius 2 is 2.07 bits per heavy atom. The number of hydrogen-bond donors (Lipinski definition) is 0. The Balaban J connectivity index is 1.60. The summed E-state index contributed by atoms with van der Waals surface area (Å²) >= 11 is 1.37. The van der Waals surface area contributed by atoms with Crippen LogP contribution < -0.4 is 4.90 Å². The van der Waals surface area contributed by atoms with Gasteiger partial charge in [-0.25, -0.2) is 0 Å². The smallest absolute Gasteiger partial charge is 0.237 e. The molecule has 0 aliphatic heterocycles. The summed E-state index contributed by atoms with van der Waals surface area (Å²) in [6, 6.07) is 13.4. The third kappa shape index (κ3) is 3.21. The molecule has 0 bridgehead atoms. The van der Waals surface area contributed by atoms with Crippen molar-refractivity contribution in [3.05, 3.63) is 67.2 Å². The van der Waals surface area contributed by atoms with Crippen LogP contribution in [0.25, 0.3) is 16.6 Å². The second kappa shape index (κ2) is 7.28. The van der Waals surface area contributed by atoms with Gasteiger partial charge in [0, 0.05) is 24.4 Å². The molecule has 0 aliphatic carbocycles. The molecule has 4 rings (SSSR count). The number of aryl methyl sites for hydroxylation is 1. The van der Waals surface area contributed by atoms with Crippen LogP contribution in [0.5, 0.6) is 0 Å². The Morgan fingerprint density at radius 3 is 2.85 bits per heavy atom. The van der Waals surface area contributed by atoms with Crippen LogP contribution in [0.1, 0.15) is 5.82 Å². The first-order valence-corrected chi connectivity index (χ1v) is 9.48. The Kier molecular flexibility index (Phi) is 4.68. The molecule has 0 spiro atoms. The maximum Gasteiger partial charge on any atom is 0.237 e. The van der Waals surface area contributed by atoms with E-state index in [1.165, 1.54) is 11.8 Å². The van der Waals surface area contributed by atoms with Crippen LogP contribution in [-0.2, 0) is 4.79 Å². The third-order valence-corrected chi connectivity index (χ3v) is 5.22. The van der Waals surface area contributed by atoms with Crippen molar-refractivity contribution in [1.29, 1.82) is 0 Å². The molecule has 0 saturated heterocycles. The largest absolute Gasteiger partial charge is 0.463 e. The molecule has 0 radical (unpaired) electrons. The van der Waals surface area contributed by atoms with Gasteiger partial charge >= 0.3 is 0 Å². The highest BCUT2D eigenvalue weighted by molar-refractivity contribution is 8.00. The van der Waals surface area contributed by atoms with E-state index in [1.807, 2.05) is 53.8 Å². The van der Waals surface area contributed by atoms with Gasteiger partial charge in [-0.05, 0) is 19.1 Å². The molecule has 136 valence electrons. The second-order valence-electron chi connectivity index (χ2n) is 6.00. The van der Waals surface area contributed by atoms with E-state index in [9.17, 15) is 4.79 Å². The van der Waals surface area contributed by atoms with Gasteiger partial charge in [0.1, 0.15) is 10.9 Å². The Morgan fingerprint density at radius 1 is 1.26 bits per heavy atom. The number of nitrogens with zero attached hydrogens (tertiary/aromatic N) is 4. The predicted octanol–water partition coefficient (Wildman–Crippen LogP) is 4.10. The van der Waals surface area contributed by atoms with E-state index in [2.05, 4.69) is 16.8 Å². The van der Waals surface area contributed by atoms with E-state index in [0.29, 0.717) is 11.6 Å². The van der Waals surface area contributed by atoms with Gasteiger partial charge in [0.15, 0.2) is 5.58 Å². The van der Waals surface area contributed by atoms with Gasteiger partial charge in [0.2, 0.25) is 5.91 Å². The highest BCUT2D eigenvalue weighted by Crippen LogP contribution is 2.29. The fourth-order valence-electron chi connectivity index (χ4n) is 3.04. The fraction of sp³-hybridized carbons (Fsp3) is 0.150. The first kappa shape index (κ1) is 17.4. The summed E-state index contributed by atoms with van der Waals surface area (Å²) in [5.74, 6) is 1.01. The topological polar surface area (TPSA) is 63.6 Å². The summed E-state index contributed by atoms with van der Waals surface area (Å²) in [7, 11) is 0. The van der Waals surface area contributed by atoms with Crippen molar-refractivity contribution in [2.75, 3.05) is 17.2 Å². The van der Waals surface area contributed by atoms with Gasteiger partial charge in [0.25, 0.3) is 0 Å². The van der Waals surface area contributed by atoms with Crippen LogP contribution in [0, 0.1) is 6.92 Å². The van der Waals surface area contributed by atoms with Crippen LogP contribution in [-0.4, -0.2) is 32.8 Å². The van der Waals surface area contributed by atoms with Crippen molar-refractivity contribution < 1.29 is 9.21 Å². The molecule has 6 nitrogen and oxygen atoms in total. The number of aromatic nitrogens is 3. The molecule has 0 aliphatic rings. The summed E-state index contributed by atoms with van der Waals surface area (Å²) in [5, 5.41) is 9.23. The van der Waals surface area contributed by atoms with E-state index < -0.39 is 0 Å². The molecule has 1 amide bonds. The highest BCUT2D eigenvalue weighted by atomic mass is 32.2. The van der Waals surface area contributed by atoms with E-state index >= 15 is 0 Å². The minimum atomic E-state index is -0.0122. The molecular weight excluding hydrogens is 360 g/mol. The Bertz CT molecular complexity index is 1120. The molecule has 0 saturated carbocycles. The minimum absolute atomic E-state index is 0.0122. The zero-order valence-electron chi connectivity index (χ0n) is 14.8. The molecule has 0 unspecified atom stereocenters. The summed E-state index contributed by atoms with van der Waals surface area (Å²) in [4.78, 5) is 14.5. The lowest BCUT2D eigenvalue weighted by molar-refractivity contribution is -0.116. The van der Waals surface area contributed by atoms with Gasteiger partial charge in [0.05, 0.1) is 23.0 Å². The third-order valence-electron chi connectivity index (χ3n) is 4.26. The van der Waals surface area contributed by atoms with Crippen molar-refractivity contribution in [1.82, 2.24) is 14.6 Å². The number of carbonyl (C=O) groups excluding carboxylic acids is 1. The monoisotopic (exact) mass is 378 g/mol. The number of carbonyl (C=O) groups is 1. The first-order valence-electron chi connectivity index (χ1n) is 8.50. The minimum Gasteiger partial charge on any atom is -0.463 e. The van der Waals surface area contributed by atoms with Gasteiger partial charge in [-0.15, -0.1) is 16.8 Å². The Labute approximate surface area is 160 Å². The summed E-state index contributed by atoms with van der Waals surface area (Å²) in [6.45, 7) is 6.11. The van der Waals surface area contributed by atoms with Gasteiger partial charge < -0.3 is 9.32 Å². The quantitative estimate of drug-likeness (QED) is 0.373. The average Bonchev–Trinajstić information content (AvgIpc) is 3.27. The number of fused-ring (bicyclic) bond motifs is 3. The molecular formula is C20H18N4O2S. The van der Waals surface area contributed by atoms with E-state index in [-0.39, 0.29) is 11.7 Å². The lowest BCUT2D eigenvalue weighted by Crippen LogP contribution is -2.32. The van der Waals surface area contributed by atoms with Crippen molar-refractivity contribution in [3.63, 3.8) is 0 Å². The van der Waals surface area contributed by atoms with Crippen LogP contribution in [0.15, 0.2) is 70.8 Å². The molecule has 3 heterocycles. The first-order chi connectivity index (χ1) is 13.2. The van der Waals surface area contributed by atoms with Crippen LogP contribution >= 0.6 is 11.8 Å². The molecule has 27 heavy (non-hydrogen) atoms. The number of rotatable bonds is 6. The van der Waals surface area contributed by atoms with Crippen molar-refractivity contribution in [2.45, 2.75) is 11.9 Å². The van der Waals surface area contributed by atoms with Gasteiger partial charge in [-0.1, -0.05) is 36.0 Å². The average molecular weight is 378 g/mol. The SMILES string of the molecule is C=CCN(C(=O)CSc1nnc(C)n2c1cc1occc12)c1ccccc1. The van der Waals surface area contributed by atoms with Crippen molar-refractivity contribution >= 4 is 40.0 Å². The number of hydrogen-bond acceptors (Lipinski definition) is 5. The summed E-state index contributed by atoms with van der Waals surface area (Å²) in [5.41, 5.74) is 3.47. The highest BCUT2D eigenvalue weighted by Gasteiger charge is 2.18. The fourth-order valence-corrected chi connectivity index (χ4v) is 3.86. The van der Waals surface area contributed by atoms with E-state index in [1.54, 1.807) is 17.2 Å². The molecule has 0 fully saturated rings. The standard InChI is InChI=1S/C20H18N4O2S/c1-3-10-23(15-7-5-4-6-8-15)19(25)13-27-20-17-12-18-16(9-11-26-18)24(17)14(2)21-22-20/h3-9,11-12H,1,10,13H2,2H3. The van der Waals surface area contributed by atoms with Gasteiger partial charge in [-0.3, -0.25) is 9.20 Å². The molecule has 4 aromatic rings. The van der Waals surface area contributed by atoms with Crippen LogP contribution in [0.3, 0.4) is 0 Å². The number of para-hydroxylation sites is 1. The zero-order valence-corrected chi connectivity index (χ0v) is 15.6. The lowest BCUT2D eigenvalue weighted by atomic mass is 10.3. The summed E-state index contributed by atoms with van der Waals surface area (Å²) in [6.07, 6.45) is 3.38. The number of anilines is 1.